The number of nitrogens with one attached hydrogen (secondary N) is 1. The Balaban J connectivity index is 1.96. The average molecular weight is 217 g/mol. The monoisotopic (exact) mass is 217 g/mol. The van der Waals surface area contributed by atoms with E-state index in [1.165, 1.54) is 37.7 Å². The Kier molecular flexibility index (Phi) is 2.40. The summed E-state index contributed by atoms with van der Waals surface area (Å²) in [6, 6.07) is 9.20. The molecule has 0 amide bonds. The van der Waals surface area contributed by atoms with Crippen molar-refractivity contribution in [2.24, 2.45) is 0 Å². The number of rotatable bonds is 2. The molecule has 2 heterocycles. The lowest BCUT2D eigenvalue weighted by Crippen LogP contribution is -2.59. The third-order valence-corrected chi connectivity index (χ3v) is 4.10. The average Bonchev–Trinajstić information content (AvgIpc) is 2.61. The van der Waals surface area contributed by atoms with Gasteiger partial charge in [0.25, 0.3) is 0 Å². The van der Waals surface area contributed by atoms with Crippen LogP contribution in [-0.2, 0) is 5.54 Å². The fourth-order valence-corrected chi connectivity index (χ4v) is 3.32. The van der Waals surface area contributed by atoms with Gasteiger partial charge in [-0.25, -0.2) is 0 Å². The Hall–Kier alpha value is -1.02. The molecule has 2 aliphatic heterocycles. The molecule has 2 unspecified atom stereocenters. The molecule has 2 atom stereocenters. The van der Waals surface area contributed by atoms with Gasteiger partial charge in [0.1, 0.15) is 5.75 Å². The molecular formula is C14H19NO. The minimum Gasteiger partial charge on any atom is -0.496 e. The van der Waals surface area contributed by atoms with E-state index < -0.39 is 0 Å². The number of hydrogen-bond acceptors (Lipinski definition) is 2. The van der Waals surface area contributed by atoms with E-state index in [1.807, 2.05) is 6.07 Å². The van der Waals surface area contributed by atoms with Crippen LogP contribution in [0.4, 0.5) is 0 Å². The Labute approximate surface area is 97.0 Å². The quantitative estimate of drug-likeness (QED) is 0.822. The van der Waals surface area contributed by atoms with Crippen molar-refractivity contribution in [3.8, 4) is 5.75 Å². The van der Waals surface area contributed by atoms with Gasteiger partial charge in [0.15, 0.2) is 0 Å². The van der Waals surface area contributed by atoms with E-state index >= 15 is 0 Å². The van der Waals surface area contributed by atoms with E-state index in [-0.39, 0.29) is 5.54 Å². The highest BCUT2D eigenvalue weighted by atomic mass is 16.5. The second kappa shape index (κ2) is 3.77. The van der Waals surface area contributed by atoms with Gasteiger partial charge in [0, 0.05) is 17.1 Å². The topological polar surface area (TPSA) is 21.3 Å². The predicted octanol–water partition coefficient (Wildman–Crippen LogP) is 2.83. The number of benzene rings is 1. The fraction of sp³-hybridized carbons (Fsp3) is 0.571. The largest absolute Gasteiger partial charge is 0.496 e. The van der Waals surface area contributed by atoms with Gasteiger partial charge in [-0.3, -0.25) is 0 Å². The molecule has 1 aliphatic carbocycles. The zero-order valence-corrected chi connectivity index (χ0v) is 9.83. The van der Waals surface area contributed by atoms with Gasteiger partial charge in [-0.15, -0.1) is 0 Å². The molecule has 1 N–H and O–H groups in total. The number of hydrogen-bond donors (Lipinski definition) is 1. The SMILES string of the molecule is COc1ccccc1C12CCCCC(C1)N2. The van der Waals surface area contributed by atoms with Crippen molar-refractivity contribution >= 4 is 0 Å². The van der Waals surface area contributed by atoms with Crippen LogP contribution < -0.4 is 10.1 Å². The first kappa shape index (κ1) is 10.2. The Morgan fingerprint density at radius 1 is 1.31 bits per heavy atom. The lowest BCUT2D eigenvalue weighted by Gasteiger charge is -2.48. The lowest BCUT2D eigenvalue weighted by molar-refractivity contribution is 0.134. The van der Waals surface area contributed by atoms with Gasteiger partial charge >= 0.3 is 0 Å². The highest BCUT2D eigenvalue weighted by Crippen LogP contribution is 2.46. The van der Waals surface area contributed by atoms with Crippen LogP contribution in [0.1, 0.15) is 37.7 Å². The molecular weight excluding hydrogens is 198 g/mol. The summed E-state index contributed by atoms with van der Waals surface area (Å²) in [4.78, 5) is 0. The molecule has 4 rings (SSSR count). The highest BCUT2D eigenvalue weighted by Gasteiger charge is 2.46. The zero-order valence-electron chi connectivity index (χ0n) is 9.83. The highest BCUT2D eigenvalue weighted by molar-refractivity contribution is 5.41. The Bertz CT molecular complexity index is 377. The van der Waals surface area contributed by atoms with Gasteiger partial charge in [-0.1, -0.05) is 31.0 Å². The van der Waals surface area contributed by atoms with E-state index in [1.54, 1.807) is 7.11 Å². The van der Waals surface area contributed by atoms with Gasteiger partial charge < -0.3 is 10.1 Å². The molecule has 3 fully saturated rings. The maximum absolute atomic E-state index is 5.49. The number of methoxy groups -OCH3 is 1. The molecule has 3 aliphatic rings. The van der Waals surface area contributed by atoms with Crippen LogP contribution in [0.25, 0.3) is 0 Å². The van der Waals surface area contributed by atoms with E-state index in [0.717, 1.165) is 11.8 Å². The third-order valence-electron chi connectivity index (χ3n) is 4.10. The summed E-state index contributed by atoms with van der Waals surface area (Å²) in [5.74, 6) is 1.04. The fourth-order valence-electron chi connectivity index (χ4n) is 3.32. The molecule has 1 aromatic rings. The molecule has 86 valence electrons. The predicted molar refractivity (Wildman–Crippen MR) is 64.7 cm³/mol. The van der Waals surface area contributed by atoms with Crippen LogP contribution in [0.15, 0.2) is 24.3 Å². The first-order chi connectivity index (χ1) is 7.84. The van der Waals surface area contributed by atoms with Gasteiger partial charge in [-0.05, 0) is 25.3 Å². The normalized spacial score (nSPS) is 32.7. The molecule has 16 heavy (non-hydrogen) atoms. The smallest absolute Gasteiger partial charge is 0.123 e. The lowest BCUT2D eigenvalue weighted by atomic mass is 9.74. The minimum atomic E-state index is 0.216. The number of para-hydroxylation sites is 1. The molecule has 0 spiro atoms. The van der Waals surface area contributed by atoms with Crippen molar-refractivity contribution in [1.82, 2.24) is 5.32 Å². The molecule has 0 aromatic heterocycles. The Morgan fingerprint density at radius 2 is 2.12 bits per heavy atom. The van der Waals surface area contributed by atoms with E-state index in [2.05, 4.69) is 23.5 Å². The summed E-state index contributed by atoms with van der Waals surface area (Å²) < 4.78 is 5.49. The maximum Gasteiger partial charge on any atom is 0.123 e. The third kappa shape index (κ3) is 1.44. The first-order valence-corrected chi connectivity index (χ1v) is 6.25. The molecule has 2 heteroatoms. The van der Waals surface area contributed by atoms with Crippen LogP contribution in [-0.4, -0.2) is 13.2 Å². The molecule has 2 bridgehead atoms. The van der Waals surface area contributed by atoms with Crippen molar-refractivity contribution in [1.29, 1.82) is 0 Å². The molecule has 2 nitrogen and oxygen atoms in total. The van der Waals surface area contributed by atoms with Gasteiger partial charge in [0.05, 0.1) is 7.11 Å². The minimum absolute atomic E-state index is 0.216. The Morgan fingerprint density at radius 3 is 2.94 bits per heavy atom. The zero-order chi connectivity index (χ0) is 11.0. The molecule has 1 aromatic carbocycles. The summed E-state index contributed by atoms with van der Waals surface area (Å²) in [6.07, 6.45) is 6.59. The summed E-state index contributed by atoms with van der Waals surface area (Å²) in [6.45, 7) is 0. The van der Waals surface area contributed by atoms with Crippen LogP contribution >= 0.6 is 0 Å². The second-order valence-electron chi connectivity index (χ2n) is 5.07. The number of ether oxygens (including phenoxy) is 1. The molecule has 1 saturated carbocycles. The summed E-state index contributed by atoms with van der Waals surface area (Å²) in [7, 11) is 1.77. The van der Waals surface area contributed by atoms with Crippen molar-refractivity contribution in [2.75, 3.05) is 7.11 Å². The molecule has 2 saturated heterocycles. The van der Waals surface area contributed by atoms with Crippen LogP contribution in [0.5, 0.6) is 5.75 Å². The second-order valence-corrected chi connectivity index (χ2v) is 5.07. The van der Waals surface area contributed by atoms with Gasteiger partial charge in [0.2, 0.25) is 0 Å². The number of fused-ring (bicyclic) bond motifs is 3. The maximum atomic E-state index is 5.49. The summed E-state index contributed by atoms with van der Waals surface area (Å²) in [5.41, 5.74) is 1.57. The standard InChI is InChI=1S/C14H19NO/c1-16-13-8-3-2-7-12(13)14-9-5-4-6-11(10-14)15-14/h2-3,7-8,11,15H,4-6,9-10H2,1H3. The van der Waals surface area contributed by atoms with Crippen molar-refractivity contribution < 1.29 is 4.74 Å². The molecule has 0 radical (unpaired) electrons. The van der Waals surface area contributed by atoms with Gasteiger partial charge in [-0.2, -0.15) is 0 Å². The summed E-state index contributed by atoms with van der Waals surface area (Å²) >= 11 is 0. The van der Waals surface area contributed by atoms with Crippen molar-refractivity contribution in [3.05, 3.63) is 29.8 Å². The van der Waals surface area contributed by atoms with E-state index in [9.17, 15) is 0 Å². The van der Waals surface area contributed by atoms with Crippen LogP contribution in [0.2, 0.25) is 0 Å². The summed E-state index contributed by atoms with van der Waals surface area (Å²) in [5, 5.41) is 3.77. The first-order valence-electron chi connectivity index (χ1n) is 6.25. The van der Waals surface area contributed by atoms with Crippen molar-refractivity contribution in [3.63, 3.8) is 0 Å². The van der Waals surface area contributed by atoms with Crippen molar-refractivity contribution in [2.45, 2.75) is 43.7 Å². The van der Waals surface area contributed by atoms with E-state index in [4.69, 9.17) is 4.74 Å². The van der Waals surface area contributed by atoms with Crippen LogP contribution in [0.3, 0.4) is 0 Å². The van der Waals surface area contributed by atoms with Crippen LogP contribution in [0, 0.1) is 0 Å². The van der Waals surface area contributed by atoms with E-state index in [0.29, 0.717) is 0 Å².